The molecule has 2 rings (SSSR count). The van der Waals surface area contributed by atoms with Crippen LogP contribution in [0.3, 0.4) is 0 Å². The number of carboxylic acids is 1. The van der Waals surface area contributed by atoms with E-state index in [1.54, 1.807) is 0 Å². The summed E-state index contributed by atoms with van der Waals surface area (Å²) in [7, 11) is 0. The van der Waals surface area contributed by atoms with Gasteiger partial charge < -0.3 is 20.6 Å². The van der Waals surface area contributed by atoms with Crippen molar-refractivity contribution in [3.05, 3.63) is 41.5 Å². The summed E-state index contributed by atoms with van der Waals surface area (Å²) < 4.78 is 5.49. The number of pyridine rings is 1. The van der Waals surface area contributed by atoms with Crippen molar-refractivity contribution in [3.8, 4) is 0 Å². The van der Waals surface area contributed by atoms with Crippen LogP contribution >= 0.6 is 0 Å². The van der Waals surface area contributed by atoms with Gasteiger partial charge >= 0.3 is 5.97 Å². The minimum atomic E-state index is -1.06. The van der Waals surface area contributed by atoms with E-state index in [-0.39, 0.29) is 17.4 Å². The molecule has 0 aliphatic carbocycles. The van der Waals surface area contributed by atoms with Crippen LogP contribution in [0, 0.1) is 6.92 Å². The molecule has 0 radical (unpaired) electrons. The molecule has 6 nitrogen and oxygen atoms in total. The number of rotatable bonds is 4. The van der Waals surface area contributed by atoms with E-state index >= 15 is 0 Å². The number of hydrogen-bond acceptors (Lipinski definition) is 5. The molecule has 0 bridgehead atoms. The molecule has 0 fully saturated rings. The normalized spacial score (nSPS) is 12.1. The molecule has 2 heterocycles. The van der Waals surface area contributed by atoms with Crippen LogP contribution in [0.1, 0.15) is 34.8 Å². The molecular formula is C13H15N3O3. The third kappa shape index (κ3) is 2.85. The van der Waals surface area contributed by atoms with E-state index < -0.39 is 5.97 Å². The van der Waals surface area contributed by atoms with Gasteiger partial charge in [-0.15, -0.1) is 0 Å². The van der Waals surface area contributed by atoms with Gasteiger partial charge in [0.25, 0.3) is 0 Å². The van der Waals surface area contributed by atoms with Crippen LogP contribution in [0.2, 0.25) is 0 Å². The molecule has 0 spiro atoms. The molecule has 0 aliphatic rings. The number of aryl methyl sites for hydroxylation is 1. The topological polar surface area (TPSA) is 101 Å². The Kier molecular flexibility index (Phi) is 3.41. The number of aromatic carboxylic acids is 1. The second kappa shape index (κ2) is 5.01. The van der Waals surface area contributed by atoms with Crippen molar-refractivity contribution in [1.29, 1.82) is 0 Å². The van der Waals surface area contributed by atoms with Gasteiger partial charge in [0.05, 0.1) is 23.5 Å². The number of anilines is 2. The van der Waals surface area contributed by atoms with E-state index in [1.165, 1.54) is 12.3 Å². The summed E-state index contributed by atoms with van der Waals surface area (Å²) in [5, 5.41) is 12.2. The molecule has 4 N–H and O–H groups in total. The monoisotopic (exact) mass is 261 g/mol. The van der Waals surface area contributed by atoms with Crippen LogP contribution in [0.15, 0.2) is 28.8 Å². The largest absolute Gasteiger partial charge is 0.478 e. The first-order chi connectivity index (χ1) is 8.97. The highest BCUT2D eigenvalue weighted by Crippen LogP contribution is 2.24. The molecule has 0 saturated heterocycles. The molecule has 100 valence electrons. The Hall–Kier alpha value is -2.50. The fraction of sp³-hybridized carbons (Fsp3) is 0.231. The number of nitrogens with one attached hydrogen (secondary N) is 1. The summed E-state index contributed by atoms with van der Waals surface area (Å²) in [6.45, 7) is 3.73. The number of furan rings is 1. The Morgan fingerprint density at radius 1 is 1.53 bits per heavy atom. The fourth-order valence-corrected chi connectivity index (χ4v) is 1.75. The zero-order valence-corrected chi connectivity index (χ0v) is 10.7. The second-order valence-corrected chi connectivity index (χ2v) is 4.27. The highest BCUT2D eigenvalue weighted by Gasteiger charge is 2.15. The predicted molar refractivity (Wildman–Crippen MR) is 71.1 cm³/mol. The first-order valence-corrected chi connectivity index (χ1v) is 5.79. The summed E-state index contributed by atoms with van der Waals surface area (Å²) in [5.74, 6) is 0.645. The molecule has 0 aliphatic heterocycles. The Morgan fingerprint density at radius 3 is 2.84 bits per heavy atom. The standard InChI is InChI=1S/C13H15N3O3/c1-7-3-4-11(19-7)8(2)16-10-6-15-12(14)5-9(10)13(17)18/h3-6,8,16H,1-2H3,(H2,14,15)(H,17,18). The van der Waals surface area contributed by atoms with Gasteiger partial charge in [-0.05, 0) is 32.0 Å². The van der Waals surface area contributed by atoms with Crippen LogP contribution in [0.5, 0.6) is 0 Å². The Morgan fingerprint density at radius 2 is 2.26 bits per heavy atom. The third-order valence-corrected chi connectivity index (χ3v) is 2.72. The molecule has 1 unspecified atom stereocenters. The molecule has 0 aromatic carbocycles. The molecule has 2 aromatic heterocycles. The third-order valence-electron chi connectivity index (χ3n) is 2.72. The Labute approximate surface area is 110 Å². The second-order valence-electron chi connectivity index (χ2n) is 4.27. The summed E-state index contributed by atoms with van der Waals surface area (Å²) in [6, 6.07) is 4.85. The van der Waals surface area contributed by atoms with Crippen molar-refractivity contribution >= 4 is 17.5 Å². The van der Waals surface area contributed by atoms with Crippen LogP contribution in [-0.4, -0.2) is 16.1 Å². The molecule has 19 heavy (non-hydrogen) atoms. The van der Waals surface area contributed by atoms with E-state index in [1.807, 2.05) is 26.0 Å². The van der Waals surface area contributed by atoms with Crippen molar-refractivity contribution in [2.45, 2.75) is 19.9 Å². The first-order valence-electron chi connectivity index (χ1n) is 5.79. The SMILES string of the molecule is Cc1ccc(C(C)Nc2cnc(N)cc2C(=O)O)o1. The van der Waals surface area contributed by atoms with Crippen molar-refractivity contribution in [2.24, 2.45) is 0 Å². The zero-order valence-electron chi connectivity index (χ0n) is 10.7. The minimum absolute atomic E-state index is 0.0858. The Bertz CT molecular complexity index is 607. The lowest BCUT2D eigenvalue weighted by molar-refractivity contribution is 0.0698. The van der Waals surface area contributed by atoms with Gasteiger partial charge in [-0.25, -0.2) is 9.78 Å². The number of aromatic nitrogens is 1. The van der Waals surface area contributed by atoms with Gasteiger partial charge in [-0.3, -0.25) is 0 Å². The number of nitrogens with two attached hydrogens (primary N) is 1. The van der Waals surface area contributed by atoms with Crippen molar-refractivity contribution in [1.82, 2.24) is 4.98 Å². The van der Waals surface area contributed by atoms with Gasteiger partial charge in [0, 0.05) is 0 Å². The molecule has 1 atom stereocenters. The minimum Gasteiger partial charge on any atom is -0.478 e. The van der Waals surface area contributed by atoms with Crippen LogP contribution in [-0.2, 0) is 0 Å². The van der Waals surface area contributed by atoms with E-state index in [0.29, 0.717) is 5.69 Å². The number of carboxylic acid groups (broad SMARTS) is 1. The average molecular weight is 261 g/mol. The fourth-order valence-electron chi connectivity index (χ4n) is 1.75. The number of carbonyl (C=O) groups is 1. The molecule has 2 aromatic rings. The van der Waals surface area contributed by atoms with Gasteiger partial charge in [0.1, 0.15) is 17.3 Å². The van der Waals surface area contributed by atoms with Crippen LogP contribution < -0.4 is 11.1 Å². The average Bonchev–Trinajstić information content (AvgIpc) is 2.78. The lowest BCUT2D eigenvalue weighted by Gasteiger charge is -2.14. The van der Waals surface area contributed by atoms with Gasteiger partial charge in [-0.2, -0.15) is 0 Å². The number of nitrogen functional groups attached to an aromatic ring is 1. The van der Waals surface area contributed by atoms with E-state index in [9.17, 15) is 4.79 Å². The number of hydrogen-bond donors (Lipinski definition) is 3. The summed E-state index contributed by atoms with van der Waals surface area (Å²) >= 11 is 0. The maximum Gasteiger partial charge on any atom is 0.337 e. The molecule has 6 heteroatoms. The summed E-state index contributed by atoms with van der Waals surface area (Å²) in [4.78, 5) is 15.0. The zero-order chi connectivity index (χ0) is 14.0. The molecular weight excluding hydrogens is 246 g/mol. The van der Waals surface area contributed by atoms with Gasteiger partial charge in [-0.1, -0.05) is 0 Å². The lowest BCUT2D eigenvalue weighted by atomic mass is 10.2. The maximum atomic E-state index is 11.1. The van der Waals surface area contributed by atoms with Crippen LogP contribution in [0.4, 0.5) is 11.5 Å². The van der Waals surface area contributed by atoms with Crippen molar-refractivity contribution < 1.29 is 14.3 Å². The molecule has 0 amide bonds. The van der Waals surface area contributed by atoms with Crippen molar-refractivity contribution in [3.63, 3.8) is 0 Å². The van der Waals surface area contributed by atoms with Crippen LogP contribution in [0.25, 0.3) is 0 Å². The molecule has 0 saturated carbocycles. The number of nitrogens with zero attached hydrogens (tertiary/aromatic N) is 1. The van der Waals surface area contributed by atoms with E-state index in [4.69, 9.17) is 15.3 Å². The van der Waals surface area contributed by atoms with Gasteiger partial charge in [0.15, 0.2) is 0 Å². The van der Waals surface area contributed by atoms with E-state index in [0.717, 1.165) is 11.5 Å². The first kappa shape index (κ1) is 12.9. The van der Waals surface area contributed by atoms with Crippen molar-refractivity contribution in [2.75, 3.05) is 11.1 Å². The maximum absolute atomic E-state index is 11.1. The lowest BCUT2D eigenvalue weighted by Crippen LogP contribution is -2.11. The predicted octanol–water partition coefficient (Wildman–Crippen LogP) is 2.44. The summed E-state index contributed by atoms with van der Waals surface area (Å²) in [6.07, 6.45) is 1.41. The highest BCUT2D eigenvalue weighted by atomic mass is 16.4. The Balaban J connectivity index is 2.26. The highest BCUT2D eigenvalue weighted by molar-refractivity contribution is 5.94. The van der Waals surface area contributed by atoms with E-state index in [2.05, 4.69) is 10.3 Å². The van der Waals surface area contributed by atoms with Gasteiger partial charge in [0.2, 0.25) is 0 Å². The quantitative estimate of drug-likeness (QED) is 0.781. The smallest absolute Gasteiger partial charge is 0.337 e. The summed E-state index contributed by atoms with van der Waals surface area (Å²) in [5.41, 5.74) is 5.98.